The van der Waals surface area contributed by atoms with Crippen LogP contribution < -0.4 is 5.73 Å². The van der Waals surface area contributed by atoms with Gasteiger partial charge in [0.2, 0.25) is 0 Å². The molecule has 2 unspecified atom stereocenters. The van der Waals surface area contributed by atoms with Crippen LogP contribution in [-0.4, -0.2) is 69.9 Å². The smallest absolute Gasteiger partial charge is 0.0862 e. The maximum absolute atomic E-state index is 10.2. The minimum atomic E-state index is -0.556. The highest BCUT2D eigenvalue weighted by Gasteiger charge is 2.24. The van der Waals surface area contributed by atoms with Gasteiger partial charge in [-0.25, -0.2) is 0 Å². The topological polar surface area (TPSA) is 96.8 Å². The van der Waals surface area contributed by atoms with Crippen LogP contribution in [0.5, 0.6) is 0 Å². The highest BCUT2D eigenvalue weighted by molar-refractivity contribution is 5.46. The van der Waals surface area contributed by atoms with E-state index in [9.17, 15) is 10.2 Å². The fourth-order valence-corrected chi connectivity index (χ4v) is 2.51. The summed E-state index contributed by atoms with van der Waals surface area (Å²) in [7, 11) is 0. The Morgan fingerprint density at radius 2 is 2.20 bits per heavy atom. The van der Waals surface area contributed by atoms with E-state index in [1.54, 1.807) is 4.68 Å². The van der Waals surface area contributed by atoms with Crippen molar-refractivity contribution >= 4 is 5.69 Å². The third kappa shape index (κ3) is 3.29. The number of aliphatic hydroxyl groups excluding tert-OH is 2. The van der Waals surface area contributed by atoms with E-state index in [0.29, 0.717) is 32.0 Å². The fourth-order valence-electron chi connectivity index (χ4n) is 2.51. The number of nitrogen functional groups attached to an aromatic ring is 1. The molecule has 4 N–H and O–H groups in total. The Morgan fingerprint density at radius 1 is 1.45 bits per heavy atom. The third-order valence-corrected chi connectivity index (χ3v) is 3.83. The normalized spacial score (nSPS) is 22.1. The Hall–Kier alpha value is -1.15. The van der Waals surface area contributed by atoms with Gasteiger partial charge in [0.25, 0.3) is 0 Å². The summed E-state index contributed by atoms with van der Waals surface area (Å²) < 4.78 is 7.06. The van der Waals surface area contributed by atoms with E-state index in [-0.39, 0.29) is 12.6 Å². The van der Waals surface area contributed by atoms with E-state index in [1.165, 1.54) is 0 Å². The lowest BCUT2D eigenvalue weighted by Crippen LogP contribution is -2.50. The van der Waals surface area contributed by atoms with Crippen molar-refractivity contribution in [2.24, 2.45) is 0 Å². The number of rotatable bonds is 5. The summed E-state index contributed by atoms with van der Waals surface area (Å²) in [5.74, 6) is 0. The number of β-amino-alcohol motifs (C(OH)–C–C–N with tert-alkyl or cyclic N) is 1. The minimum absolute atomic E-state index is 0.0380. The number of anilines is 1. The van der Waals surface area contributed by atoms with Gasteiger partial charge in [0.05, 0.1) is 55.6 Å². The molecular weight excluding hydrogens is 260 g/mol. The van der Waals surface area contributed by atoms with Crippen LogP contribution in [0.15, 0.2) is 0 Å². The predicted molar refractivity (Wildman–Crippen MR) is 75.4 cm³/mol. The molecule has 0 saturated carbocycles. The van der Waals surface area contributed by atoms with Crippen LogP contribution >= 0.6 is 0 Å². The van der Waals surface area contributed by atoms with E-state index in [4.69, 9.17) is 10.5 Å². The summed E-state index contributed by atoms with van der Waals surface area (Å²) in [6, 6.07) is -0.0380. The molecule has 0 bridgehead atoms. The van der Waals surface area contributed by atoms with E-state index >= 15 is 0 Å². The lowest BCUT2D eigenvalue weighted by Gasteiger charge is -2.35. The molecule has 0 spiro atoms. The zero-order chi connectivity index (χ0) is 14.7. The third-order valence-electron chi connectivity index (χ3n) is 3.83. The summed E-state index contributed by atoms with van der Waals surface area (Å²) >= 11 is 0. The first-order valence-corrected chi connectivity index (χ1v) is 6.93. The molecule has 0 amide bonds. The van der Waals surface area contributed by atoms with Crippen LogP contribution in [0, 0.1) is 13.8 Å². The number of ether oxygens (including phenoxy) is 1. The lowest BCUT2D eigenvalue weighted by atomic mass is 10.2. The van der Waals surface area contributed by atoms with Crippen molar-refractivity contribution in [3.63, 3.8) is 0 Å². The molecule has 0 aliphatic carbocycles. The molecule has 2 atom stereocenters. The monoisotopic (exact) mass is 284 g/mol. The Morgan fingerprint density at radius 3 is 2.80 bits per heavy atom. The molecule has 0 aromatic carbocycles. The number of aliphatic hydroxyl groups is 2. The number of nitrogens with zero attached hydrogens (tertiary/aromatic N) is 3. The van der Waals surface area contributed by atoms with Gasteiger partial charge in [0.1, 0.15) is 0 Å². The molecule has 1 aromatic heterocycles. The van der Waals surface area contributed by atoms with E-state index in [0.717, 1.165) is 17.9 Å². The van der Waals surface area contributed by atoms with Crippen LogP contribution in [0.25, 0.3) is 0 Å². The summed E-state index contributed by atoms with van der Waals surface area (Å²) in [4.78, 5) is 2.06. The lowest BCUT2D eigenvalue weighted by molar-refractivity contribution is -0.0454. The van der Waals surface area contributed by atoms with Crippen LogP contribution in [0.1, 0.15) is 11.4 Å². The average molecular weight is 284 g/mol. The Labute approximate surface area is 118 Å². The highest BCUT2D eigenvalue weighted by Crippen LogP contribution is 2.15. The molecule has 1 fully saturated rings. The van der Waals surface area contributed by atoms with Gasteiger partial charge in [-0.15, -0.1) is 0 Å². The molecule has 0 radical (unpaired) electrons. The standard InChI is InChI=1S/C13H24N4O3/c1-9-13(14)10(2)17(15-9)6-12(19)5-16-3-4-20-8-11(16)7-18/h11-12,18-19H,3-8,14H2,1-2H3. The van der Waals surface area contributed by atoms with Gasteiger partial charge >= 0.3 is 0 Å². The molecule has 1 aliphatic rings. The number of aromatic nitrogens is 2. The second-order valence-corrected chi connectivity index (χ2v) is 5.33. The number of hydrogen-bond acceptors (Lipinski definition) is 6. The summed E-state index contributed by atoms with van der Waals surface area (Å²) in [5, 5.41) is 23.9. The number of nitrogens with two attached hydrogens (primary N) is 1. The molecule has 1 aliphatic heterocycles. The Balaban J connectivity index is 1.94. The highest BCUT2D eigenvalue weighted by atomic mass is 16.5. The van der Waals surface area contributed by atoms with Crippen molar-refractivity contribution in [2.45, 2.75) is 32.5 Å². The second kappa shape index (κ2) is 6.53. The van der Waals surface area contributed by atoms with Gasteiger partial charge in [-0.2, -0.15) is 5.10 Å². The van der Waals surface area contributed by atoms with Gasteiger partial charge in [-0.05, 0) is 13.8 Å². The van der Waals surface area contributed by atoms with Gasteiger partial charge in [0.15, 0.2) is 0 Å². The molecule has 1 aromatic rings. The van der Waals surface area contributed by atoms with Crippen LogP contribution in [0.4, 0.5) is 5.69 Å². The zero-order valence-corrected chi connectivity index (χ0v) is 12.1. The molecule has 20 heavy (non-hydrogen) atoms. The van der Waals surface area contributed by atoms with Crippen molar-refractivity contribution < 1.29 is 14.9 Å². The molecule has 114 valence electrons. The quantitative estimate of drug-likeness (QED) is 0.651. The molecule has 2 rings (SSSR count). The Bertz CT molecular complexity index is 449. The summed E-state index contributed by atoms with van der Waals surface area (Å²) in [6.45, 7) is 6.56. The van der Waals surface area contributed by atoms with Crippen molar-refractivity contribution in [2.75, 3.05) is 38.6 Å². The predicted octanol–water partition coefficient (Wildman–Crippen LogP) is -0.864. The van der Waals surface area contributed by atoms with Crippen molar-refractivity contribution in [3.8, 4) is 0 Å². The number of aryl methyl sites for hydroxylation is 1. The zero-order valence-electron chi connectivity index (χ0n) is 12.1. The molecule has 2 heterocycles. The van der Waals surface area contributed by atoms with Crippen molar-refractivity contribution in [1.29, 1.82) is 0 Å². The van der Waals surface area contributed by atoms with Crippen molar-refractivity contribution in [1.82, 2.24) is 14.7 Å². The summed E-state index contributed by atoms with van der Waals surface area (Å²) in [6.07, 6.45) is -0.556. The minimum Gasteiger partial charge on any atom is -0.396 e. The molecule has 7 heteroatoms. The first kappa shape index (κ1) is 15.2. The van der Waals surface area contributed by atoms with Crippen LogP contribution in [-0.2, 0) is 11.3 Å². The van der Waals surface area contributed by atoms with Crippen LogP contribution in [0.2, 0.25) is 0 Å². The van der Waals surface area contributed by atoms with Crippen molar-refractivity contribution in [3.05, 3.63) is 11.4 Å². The molecule has 1 saturated heterocycles. The SMILES string of the molecule is Cc1nn(CC(O)CN2CCOCC2CO)c(C)c1N. The fraction of sp³-hybridized carbons (Fsp3) is 0.769. The Kier molecular flexibility index (Phi) is 4.98. The van der Waals surface area contributed by atoms with Gasteiger partial charge in [-0.1, -0.05) is 0 Å². The van der Waals surface area contributed by atoms with Gasteiger partial charge in [-0.3, -0.25) is 9.58 Å². The second-order valence-electron chi connectivity index (χ2n) is 5.33. The van der Waals surface area contributed by atoms with E-state index in [2.05, 4.69) is 10.00 Å². The maximum atomic E-state index is 10.2. The molecular formula is C13H24N4O3. The van der Waals surface area contributed by atoms with Gasteiger partial charge in [0, 0.05) is 13.1 Å². The van der Waals surface area contributed by atoms with Gasteiger partial charge < -0.3 is 20.7 Å². The first-order valence-electron chi connectivity index (χ1n) is 6.93. The van der Waals surface area contributed by atoms with E-state index in [1.807, 2.05) is 13.8 Å². The largest absolute Gasteiger partial charge is 0.396 e. The van der Waals surface area contributed by atoms with Crippen LogP contribution in [0.3, 0.4) is 0 Å². The maximum Gasteiger partial charge on any atom is 0.0862 e. The average Bonchev–Trinajstić information content (AvgIpc) is 2.67. The van der Waals surface area contributed by atoms with E-state index < -0.39 is 6.10 Å². The number of hydrogen-bond donors (Lipinski definition) is 3. The molecule has 7 nitrogen and oxygen atoms in total. The number of morpholine rings is 1. The summed E-state index contributed by atoms with van der Waals surface area (Å²) in [5.41, 5.74) is 8.22. The first-order chi connectivity index (χ1) is 9.52.